The zero-order valence-electron chi connectivity index (χ0n) is 10.3. The molecule has 0 saturated carbocycles. The summed E-state index contributed by atoms with van der Waals surface area (Å²) in [5, 5.41) is 5.64. The Morgan fingerprint density at radius 3 is 2.00 bits per heavy atom. The molecule has 4 heteroatoms. The highest BCUT2D eigenvalue weighted by atomic mass is 16.2. The molecule has 4 nitrogen and oxygen atoms in total. The molecule has 0 heterocycles. The van der Waals surface area contributed by atoms with Crippen molar-refractivity contribution in [1.29, 1.82) is 0 Å². The van der Waals surface area contributed by atoms with Gasteiger partial charge in [-0.2, -0.15) is 0 Å². The molecule has 0 aromatic carbocycles. The molecule has 0 saturated heterocycles. The van der Waals surface area contributed by atoms with E-state index in [1.165, 1.54) is 6.92 Å². The van der Waals surface area contributed by atoms with E-state index < -0.39 is 0 Å². The summed E-state index contributed by atoms with van der Waals surface area (Å²) in [7, 11) is 0. The van der Waals surface area contributed by atoms with Crippen molar-refractivity contribution in [3.8, 4) is 0 Å². The van der Waals surface area contributed by atoms with Crippen LogP contribution in [-0.2, 0) is 9.59 Å². The molecule has 2 amide bonds. The molecule has 0 aromatic heterocycles. The molecule has 1 atom stereocenters. The Labute approximate surface area is 91.8 Å². The van der Waals surface area contributed by atoms with Crippen molar-refractivity contribution < 1.29 is 9.59 Å². The van der Waals surface area contributed by atoms with E-state index >= 15 is 0 Å². The third-order valence-corrected chi connectivity index (χ3v) is 2.21. The molecule has 2 N–H and O–H groups in total. The second-order valence-electron chi connectivity index (χ2n) is 4.45. The zero-order valence-corrected chi connectivity index (χ0v) is 10.3. The average Bonchev–Trinajstić information content (AvgIpc) is 2.10. The minimum absolute atomic E-state index is 0.00481. The molecule has 0 aliphatic carbocycles. The van der Waals surface area contributed by atoms with Gasteiger partial charge in [0.2, 0.25) is 11.8 Å². The quantitative estimate of drug-likeness (QED) is 0.715. The molecule has 0 bridgehead atoms. The van der Waals surface area contributed by atoms with E-state index in [0.717, 1.165) is 0 Å². The van der Waals surface area contributed by atoms with E-state index in [1.54, 1.807) is 0 Å². The maximum Gasteiger partial charge on any atom is 0.222 e. The van der Waals surface area contributed by atoms with E-state index in [0.29, 0.717) is 12.5 Å². The van der Waals surface area contributed by atoms with Gasteiger partial charge in [-0.1, -0.05) is 27.7 Å². The van der Waals surface area contributed by atoms with Gasteiger partial charge in [0.05, 0.1) is 0 Å². The van der Waals surface area contributed by atoms with Crippen LogP contribution in [0.4, 0.5) is 0 Å². The molecule has 88 valence electrons. The van der Waals surface area contributed by atoms with Crippen LogP contribution in [0.5, 0.6) is 0 Å². The second-order valence-corrected chi connectivity index (χ2v) is 4.45. The van der Waals surface area contributed by atoms with Crippen molar-refractivity contribution in [3.63, 3.8) is 0 Å². The third-order valence-electron chi connectivity index (χ3n) is 2.21. The predicted octanol–water partition coefficient (Wildman–Crippen LogP) is 0.919. The molecule has 0 aliphatic heterocycles. The number of amides is 2. The smallest absolute Gasteiger partial charge is 0.222 e. The first-order valence-corrected chi connectivity index (χ1v) is 5.39. The predicted molar refractivity (Wildman–Crippen MR) is 60.3 cm³/mol. The average molecular weight is 214 g/mol. The van der Waals surface area contributed by atoms with E-state index in [1.807, 2.05) is 27.7 Å². The lowest BCUT2D eigenvalue weighted by Gasteiger charge is -2.22. The van der Waals surface area contributed by atoms with Gasteiger partial charge in [0.1, 0.15) is 0 Å². The summed E-state index contributed by atoms with van der Waals surface area (Å²) in [5.74, 6) is 0.245. The van der Waals surface area contributed by atoms with E-state index in [2.05, 4.69) is 10.6 Å². The first kappa shape index (κ1) is 13.9. The first-order valence-electron chi connectivity index (χ1n) is 5.39. The Kier molecular flexibility index (Phi) is 5.97. The van der Waals surface area contributed by atoms with Gasteiger partial charge >= 0.3 is 0 Å². The minimum Gasteiger partial charge on any atom is -0.354 e. The maximum absolute atomic E-state index is 11.3. The molecule has 0 fully saturated rings. The molecular weight excluding hydrogens is 192 g/mol. The fourth-order valence-corrected chi connectivity index (χ4v) is 1.13. The molecule has 0 aliphatic rings. The summed E-state index contributed by atoms with van der Waals surface area (Å²) in [6.07, 6.45) is 0. The van der Waals surface area contributed by atoms with Gasteiger partial charge in [-0.25, -0.2) is 0 Å². The van der Waals surface area contributed by atoms with Crippen LogP contribution >= 0.6 is 0 Å². The van der Waals surface area contributed by atoms with Gasteiger partial charge in [-0.05, 0) is 5.92 Å². The van der Waals surface area contributed by atoms with E-state index in [-0.39, 0.29) is 23.8 Å². The van der Waals surface area contributed by atoms with Crippen LogP contribution < -0.4 is 10.6 Å². The summed E-state index contributed by atoms with van der Waals surface area (Å²) < 4.78 is 0. The summed E-state index contributed by atoms with van der Waals surface area (Å²) in [5.41, 5.74) is 0. The van der Waals surface area contributed by atoms with Crippen LogP contribution in [0, 0.1) is 11.8 Å². The Morgan fingerprint density at radius 1 is 1.13 bits per heavy atom. The van der Waals surface area contributed by atoms with Gasteiger partial charge < -0.3 is 10.6 Å². The Morgan fingerprint density at radius 2 is 1.67 bits per heavy atom. The highest BCUT2D eigenvalue weighted by Gasteiger charge is 2.16. The molecule has 0 spiro atoms. The summed E-state index contributed by atoms with van der Waals surface area (Å²) in [4.78, 5) is 22.2. The maximum atomic E-state index is 11.3. The standard InChI is InChI=1S/C11H22N2O2/c1-7(2)10(13-9(5)14)6-12-11(15)8(3)4/h7-8,10H,6H2,1-5H3,(H,12,15)(H,13,14)/t10-/m0/s1. The largest absolute Gasteiger partial charge is 0.354 e. The van der Waals surface area contributed by atoms with Crippen LogP contribution in [0.2, 0.25) is 0 Å². The number of carbonyl (C=O) groups is 2. The highest BCUT2D eigenvalue weighted by Crippen LogP contribution is 2.01. The van der Waals surface area contributed by atoms with Crippen molar-refractivity contribution >= 4 is 11.8 Å². The summed E-state index contributed by atoms with van der Waals surface area (Å²) in [6.45, 7) is 9.70. The van der Waals surface area contributed by atoms with Crippen LogP contribution in [0.15, 0.2) is 0 Å². The molecular formula is C11H22N2O2. The monoisotopic (exact) mass is 214 g/mol. The lowest BCUT2D eigenvalue weighted by atomic mass is 10.0. The fourth-order valence-electron chi connectivity index (χ4n) is 1.13. The van der Waals surface area contributed by atoms with Gasteiger partial charge in [-0.3, -0.25) is 9.59 Å². The van der Waals surface area contributed by atoms with Crippen molar-refractivity contribution in [3.05, 3.63) is 0 Å². The summed E-state index contributed by atoms with van der Waals surface area (Å²) >= 11 is 0. The topological polar surface area (TPSA) is 58.2 Å². The van der Waals surface area contributed by atoms with Gasteiger partial charge in [0.15, 0.2) is 0 Å². The fraction of sp³-hybridized carbons (Fsp3) is 0.818. The Balaban J connectivity index is 4.07. The van der Waals surface area contributed by atoms with Crippen LogP contribution in [0.25, 0.3) is 0 Å². The first-order chi connectivity index (χ1) is 6.84. The molecule has 15 heavy (non-hydrogen) atoms. The number of rotatable bonds is 5. The van der Waals surface area contributed by atoms with Crippen molar-refractivity contribution in [2.75, 3.05) is 6.54 Å². The highest BCUT2D eigenvalue weighted by molar-refractivity contribution is 5.78. The summed E-state index contributed by atoms with van der Waals surface area (Å²) in [6, 6.07) is 0.00481. The van der Waals surface area contributed by atoms with Crippen molar-refractivity contribution in [2.24, 2.45) is 11.8 Å². The second kappa shape index (κ2) is 6.43. The Hall–Kier alpha value is -1.06. The molecule has 0 rings (SSSR count). The van der Waals surface area contributed by atoms with Crippen molar-refractivity contribution in [2.45, 2.75) is 40.7 Å². The van der Waals surface area contributed by atoms with Crippen LogP contribution in [-0.4, -0.2) is 24.4 Å². The van der Waals surface area contributed by atoms with E-state index in [9.17, 15) is 9.59 Å². The van der Waals surface area contributed by atoms with E-state index in [4.69, 9.17) is 0 Å². The Bertz CT molecular complexity index is 225. The van der Waals surface area contributed by atoms with Gasteiger partial charge in [0, 0.05) is 25.4 Å². The number of hydrogen-bond acceptors (Lipinski definition) is 2. The normalized spacial score (nSPS) is 12.7. The number of carbonyl (C=O) groups excluding carboxylic acids is 2. The van der Waals surface area contributed by atoms with Gasteiger partial charge in [-0.15, -0.1) is 0 Å². The molecule has 0 aromatic rings. The van der Waals surface area contributed by atoms with Crippen LogP contribution in [0.3, 0.4) is 0 Å². The van der Waals surface area contributed by atoms with Gasteiger partial charge in [0.25, 0.3) is 0 Å². The number of hydrogen-bond donors (Lipinski definition) is 2. The zero-order chi connectivity index (χ0) is 12.0. The lowest BCUT2D eigenvalue weighted by Crippen LogP contribution is -2.46. The van der Waals surface area contributed by atoms with Crippen LogP contribution in [0.1, 0.15) is 34.6 Å². The lowest BCUT2D eigenvalue weighted by molar-refractivity contribution is -0.125. The number of nitrogens with one attached hydrogen (secondary N) is 2. The van der Waals surface area contributed by atoms with Crippen molar-refractivity contribution in [1.82, 2.24) is 10.6 Å². The molecule has 0 radical (unpaired) electrons. The molecule has 0 unspecified atom stereocenters. The third kappa shape index (κ3) is 6.10. The minimum atomic E-state index is -0.0625. The SMILES string of the molecule is CC(=O)N[C@@H](CNC(=O)C(C)C)C(C)C.